The molecule has 0 radical (unpaired) electrons. The second kappa shape index (κ2) is 5.38. The van der Waals surface area contributed by atoms with E-state index in [0.29, 0.717) is 5.92 Å². The first-order valence-corrected chi connectivity index (χ1v) is 9.31. The number of hydrogen-bond donors (Lipinski definition) is 1. The van der Waals surface area contributed by atoms with E-state index < -0.39 is 34.1 Å². The van der Waals surface area contributed by atoms with Gasteiger partial charge in [0.15, 0.2) is 0 Å². The molecule has 0 aromatic carbocycles. The molecule has 3 aliphatic rings. The first kappa shape index (κ1) is 16.6. The summed E-state index contributed by atoms with van der Waals surface area (Å²) < 4.78 is 12.8. The third-order valence-electron chi connectivity index (χ3n) is 6.31. The van der Waals surface area contributed by atoms with E-state index in [4.69, 9.17) is 0 Å². The van der Waals surface area contributed by atoms with Gasteiger partial charge in [-0.2, -0.15) is 0 Å². The summed E-state index contributed by atoms with van der Waals surface area (Å²) in [6.45, 7) is 7.89. The van der Waals surface area contributed by atoms with Gasteiger partial charge in [0.2, 0.25) is 0 Å². The molecule has 0 aromatic rings. The van der Waals surface area contributed by atoms with Gasteiger partial charge >= 0.3 is 0 Å². The number of aliphatic hydroxyl groups is 1. The largest absolute Gasteiger partial charge is 0.392 e. The number of amides is 2. The Bertz CT molecular complexity index is 639. The Kier molecular flexibility index (Phi) is 3.88. The standard InChI is InChI=1S/C17H23NO4S/c1-4-7-18-14(20)9-12(15(18)21)23(22)10-17-6-5-11(8-13(17)19)16(17,2)3/h4,9,11,13,19H,1,5-8,10H2,2-3H3/t11-,13-,17-,23-/m1/s1. The zero-order valence-electron chi connectivity index (χ0n) is 13.6. The van der Waals surface area contributed by atoms with Crippen molar-refractivity contribution in [1.82, 2.24) is 4.90 Å². The lowest BCUT2D eigenvalue weighted by atomic mass is 9.70. The smallest absolute Gasteiger partial charge is 0.270 e. The highest BCUT2D eigenvalue weighted by molar-refractivity contribution is 7.90. The monoisotopic (exact) mass is 337 g/mol. The molecule has 0 saturated heterocycles. The van der Waals surface area contributed by atoms with Crippen LogP contribution in [-0.4, -0.2) is 44.4 Å². The van der Waals surface area contributed by atoms with Crippen LogP contribution in [0.25, 0.3) is 0 Å². The molecule has 126 valence electrons. The van der Waals surface area contributed by atoms with Crippen molar-refractivity contribution in [3.05, 3.63) is 23.6 Å². The molecule has 2 aliphatic carbocycles. The molecule has 2 saturated carbocycles. The lowest BCUT2D eigenvalue weighted by Crippen LogP contribution is -2.44. The van der Waals surface area contributed by atoms with Gasteiger partial charge < -0.3 is 5.11 Å². The fourth-order valence-electron chi connectivity index (χ4n) is 4.64. The summed E-state index contributed by atoms with van der Waals surface area (Å²) in [4.78, 5) is 25.3. The summed E-state index contributed by atoms with van der Waals surface area (Å²) in [5.41, 5.74) is -0.534. The molecule has 23 heavy (non-hydrogen) atoms. The van der Waals surface area contributed by atoms with Crippen molar-refractivity contribution < 1.29 is 18.9 Å². The van der Waals surface area contributed by atoms with Gasteiger partial charge in [0.25, 0.3) is 11.8 Å². The number of fused-ring (bicyclic) bond motifs is 2. The third kappa shape index (κ3) is 2.18. The van der Waals surface area contributed by atoms with Gasteiger partial charge in [-0.15, -0.1) is 6.58 Å². The van der Waals surface area contributed by atoms with Crippen LogP contribution in [0.4, 0.5) is 0 Å². The Morgan fingerprint density at radius 3 is 2.70 bits per heavy atom. The molecule has 2 fully saturated rings. The van der Waals surface area contributed by atoms with E-state index >= 15 is 0 Å². The Hall–Kier alpha value is -1.27. The molecule has 4 atom stereocenters. The van der Waals surface area contributed by atoms with Crippen LogP contribution in [0.5, 0.6) is 0 Å². The molecule has 0 spiro atoms. The molecule has 1 heterocycles. The SMILES string of the molecule is C=CCN1C(=O)C=C([S@](=O)C[C@]23CC[C@H](C[C@H]2O)C3(C)C)C1=O. The molecule has 2 bridgehead atoms. The number of nitrogens with zero attached hydrogens (tertiary/aromatic N) is 1. The first-order valence-electron chi connectivity index (χ1n) is 7.99. The highest BCUT2D eigenvalue weighted by Gasteiger charge is 2.64. The van der Waals surface area contributed by atoms with E-state index in [1.165, 1.54) is 12.2 Å². The van der Waals surface area contributed by atoms with Crippen molar-refractivity contribution in [3.63, 3.8) is 0 Å². The van der Waals surface area contributed by atoms with Gasteiger partial charge in [0.1, 0.15) is 4.91 Å². The minimum absolute atomic E-state index is 0.0598. The highest BCUT2D eigenvalue weighted by Crippen LogP contribution is 2.66. The number of carbonyl (C=O) groups is 2. The Balaban J connectivity index is 1.83. The van der Waals surface area contributed by atoms with Crippen molar-refractivity contribution in [1.29, 1.82) is 0 Å². The maximum atomic E-state index is 12.8. The summed E-state index contributed by atoms with van der Waals surface area (Å²) in [6, 6.07) is 0. The molecule has 2 amide bonds. The van der Waals surface area contributed by atoms with Gasteiger partial charge in [-0.25, -0.2) is 0 Å². The van der Waals surface area contributed by atoms with Crippen molar-refractivity contribution in [2.45, 2.75) is 39.2 Å². The van der Waals surface area contributed by atoms with Gasteiger partial charge in [-0.3, -0.25) is 18.7 Å². The highest BCUT2D eigenvalue weighted by atomic mass is 32.2. The summed E-state index contributed by atoms with van der Waals surface area (Å²) >= 11 is 0. The predicted molar refractivity (Wildman–Crippen MR) is 87.6 cm³/mol. The Labute approximate surface area is 138 Å². The second-order valence-corrected chi connectivity index (χ2v) is 8.83. The number of aliphatic hydroxyl groups excluding tert-OH is 1. The van der Waals surface area contributed by atoms with Gasteiger partial charge in [0, 0.05) is 23.8 Å². The van der Waals surface area contributed by atoms with E-state index in [1.54, 1.807) is 0 Å². The summed E-state index contributed by atoms with van der Waals surface area (Å²) in [5.74, 6) is -0.262. The topological polar surface area (TPSA) is 74.7 Å². The van der Waals surface area contributed by atoms with Crippen molar-refractivity contribution in [3.8, 4) is 0 Å². The number of imide groups is 1. The molecule has 0 unspecified atom stereocenters. The molecule has 5 nitrogen and oxygen atoms in total. The maximum absolute atomic E-state index is 12.8. The third-order valence-corrected chi connectivity index (χ3v) is 7.87. The van der Waals surface area contributed by atoms with Crippen LogP contribution in [0.15, 0.2) is 23.6 Å². The average Bonchev–Trinajstić information content (AvgIpc) is 2.96. The number of rotatable bonds is 5. The van der Waals surface area contributed by atoms with E-state index in [9.17, 15) is 18.9 Å². The van der Waals surface area contributed by atoms with E-state index in [1.807, 2.05) is 0 Å². The fourth-order valence-corrected chi connectivity index (χ4v) is 6.51. The predicted octanol–water partition coefficient (Wildman–Crippen LogP) is 1.36. The molecule has 3 rings (SSSR count). The minimum atomic E-state index is -1.59. The molecule has 6 heteroatoms. The summed E-state index contributed by atoms with van der Waals surface area (Å²) in [5, 5.41) is 10.5. The van der Waals surface area contributed by atoms with E-state index in [-0.39, 0.29) is 22.6 Å². The Morgan fingerprint density at radius 1 is 1.48 bits per heavy atom. The average molecular weight is 337 g/mol. The van der Waals surface area contributed by atoms with Gasteiger partial charge in [-0.1, -0.05) is 19.9 Å². The quantitative estimate of drug-likeness (QED) is 0.607. The maximum Gasteiger partial charge on any atom is 0.270 e. The van der Waals surface area contributed by atoms with Crippen LogP contribution < -0.4 is 0 Å². The van der Waals surface area contributed by atoms with Crippen LogP contribution in [0, 0.1) is 16.7 Å². The number of hydrogen-bond acceptors (Lipinski definition) is 4. The molecule has 1 aliphatic heterocycles. The van der Waals surface area contributed by atoms with Crippen molar-refractivity contribution in [2.24, 2.45) is 16.7 Å². The van der Waals surface area contributed by atoms with Crippen LogP contribution >= 0.6 is 0 Å². The fraction of sp³-hybridized carbons (Fsp3) is 0.647. The molecular weight excluding hydrogens is 314 g/mol. The van der Waals surface area contributed by atoms with E-state index in [2.05, 4.69) is 20.4 Å². The summed E-state index contributed by atoms with van der Waals surface area (Å²) in [7, 11) is -1.59. The zero-order chi connectivity index (χ0) is 17.0. The van der Waals surface area contributed by atoms with Crippen molar-refractivity contribution in [2.75, 3.05) is 12.3 Å². The normalized spacial score (nSPS) is 36.5. The lowest BCUT2D eigenvalue weighted by molar-refractivity contribution is -0.136. The van der Waals surface area contributed by atoms with Crippen LogP contribution in [0.1, 0.15) is 33.1 Å². The Morgan fingerprint density at radius 2 is 2.17 bits per heavy atom. The minimum Gasteiger partial charge on any atom is -0.392 e. The van der Waals surface area contributed by atoms with Crippen molar-refractivity contribution >= 4 is 22.6 Å². The van der Waals surface area contributed by atoms with E-state index in [0.717, 1.165) is 24.2 Å². The van der Waals surface area contributed by atoms with Crippen LogP contribution in [-0.2, 0) is 20.4 Å². The second-order valence-electron chi connectivity index (χ2n) is 7.41. The zero-order valence-corrected chi connectivity index (χ0v) is 14.4. The van der Waals surface area contributed by atoms with Crippen LogP contribution in [0.3, 0.4) is 0 Å². The summed E-state index contributed by atoms with van der Waals surface area (Å²) in [6.07, 6.45) is 4.74. The number of carbonyl (C=O) groups excluding carboxylic acids is 2. The van der Waals surface area contributed by atoms with Crippen LogP contribution in [0.2, 0.25) is 0 Å². The molecule has 1 N–H and O–H groups in total. The molecule has 0 aromatic heterocycles. The molecular formula is C17H23NO4S. The lowest BCUT2D eigenvalue weighted by Gasteiger charge is -2.40. The van der Waals surface area contributed by atoms with Gasteiger partial charge in [-0.05, 0) is 30.6 Å². The first-order chi connectivity index (χ1) is 10.7. The van der Waals surface area contributed by atoms with Gasteiger partial charge in [0.05, 0.1) is 16.9 Å².